The number of pyridine rings is 1. The monoisotopic (exact) mass is 390 g/mol. The van der Waals surface area contributed by atoms with Crippen LogP contribution in [0.15, 0.2) is 91.3 Å². The highest BCUT2D eigenvalue weighted by molar-refractivity contribution is 7.81. The number of benzene rings is 3. The Morgan fingerprint density at radius 1 is 0.893 bits per heavy atom. The van der Waals surface area contributed by atoms with Crippen LogP contribution in [0.1, 0.15) is 5.56 Å². The highest BCUT2D eigenvalue weighted by Gasteiger charge is 2.05. The van der Waals surface area contributed by atoms with E-state index in [9.17, 15) is 4.21 Å². The maximum absolute atomic E-state index is 12.0. The van der Waals surface area contributed by atoms with E-state index in [0.717, 1.165) is 22.1 Å². The fraction of sp³-hybridized carbons (Fsp3) is 0.0455. The van der Waals surface area contributed by atoms with E-state index in [1.54, 1.807) is 24.5 Å². The molecule has 1 aromatic heterocycles. The van der Waals surface area contributed by atoms with E-state index in [0.29, 0.717) is 11.4 Å². The maximum Gasteiger partial charge on any atom is 0.262 e. The Morgan fingerprint density at radius 3 is 2.54 bits per heavy atom. The molecule has 1 heterocycles. The third-order valence-electron chi connectivity index (χ3n) is 4.09. The molecule has 3 aromatic carbocycles. The van der Waals surface area contributed by atoms with Crippen LogP contribution in [-0.4, -0.2) is 9.19 Å². The summed E-state index contributed by atoms with van der Waals surface area (Å²) in [6.45, 7) is 0.218. The third kappa shape index (κ3) is 4.54. The quantitative estimate of drug-likeness (QED) is 0.469. The van der Waals surface area contributed by atoms with Crippen LogP contribution >= 0.6 is 0 Å². The molecule has 140 valence electrons. The molecule has 0 aliphatic carbocycles. The van der Waals surface area contributed by atoms with Crippen molar-refractivity contribution in [1.29, 1.82) is 0 Å². The lowest BCUT2D eigenvalue weighted by molar-refractivity contribution is 0.339. The Balaban J connectivity index is 1.37. The van der Waals surface area contributed by atoms with Crippen molar-refractivity contribution in [3.63, 3.8) is 0 Å². The van der Waals surface area contributed by atoms with E-state index in [1.165, 1.54) is 0 Å². The lowest BCUT2D eigenvalue weighted by Crippen LogP contribution is -2.08. The lowest BCUT2D eigenvalue weighted by atomic mass is 10.1. The van der Waals surface area contributed by atoms with Crippen molar-refractivity contribution in [3.05, 3.63) is 96.8 Å². The van der Waals surface area contributed by atoms with Gasteiger partial charge in [-0.15, -0.1) is 0 Å². The normalized spacial score (nSPS) is 11.9. The van der Waals surface area contributed by atoms with E-state index in [-0.39, 0.29) is 6.61 Å². The minimum absolute atomic E-state index is 0.218. The molecule has 0 saturated heterocycles. The summed E-state index contributed by atoms with van der Waals surface area (Å²) in [5, 5.41) is 2.18. The first kappa shape index (κ1) is 18.2. The molecule has 4 aromatic rings. The molecular weight excluding hydrogens is 372 g/mol. The van der Waals surface area contributed by atoms with Crippen LogP contribution in [0, 0.1) is 0 Å². The molecule has 0 spiro atoms. The first-order valence-electron chi connectivity index (χ1n) is 8.74. The summed E-state index contributed by atoms with van der Waals surface area (Å²) in [5.74, 6) is 1.49. The maximum atomic E-state index is 12.0. The zero-order valence-electron chi connectivity index (χ0n) is 14.9. The molecule has 1 atom stereocenters. The predicted molar refractivity (Wildman–Crippen MR) is 111 cm³/mol. The Labute approximate surface area is 165 Å². The fourth-order valence-corrected chi connectivity index (χ4v) is 3.36. The van der Waals surface area contributed by atoms with Crippen LogP contribution < -0.4 is 9.46 Å². The molecule has 4 rings (SSSR count). The van der Waals surface area contributed by atoms with Crippen molar-refractivity contribution >= 4 is 27.7 Å². The van der Waals surface area contributed by atoms with Crippen LogP contribution in [0.3, 0.4) is 0 Å². The molecule has 0 bridgehead atoms. The van der Waals surface area contributed by atoms with Crippen LogP contribution in [0.5, 0.6) is 11.5 Å². The number of hydrogen-bond donors (Lipinski definition) is 1. The van der Waals surface area contributed by atoms with Gasteiger partial charge >= 0.3 is 0 Å². The predicted octanol–water partition coefficient (Wildman–Crippen LogP) is 5.23. The van der Waals surface area contributed by atoms with E-state index in [1.807, 2.05) is 54.6 Å². The number of nitrogens with one attached hydrogen (secondary N) is 1. The topological polar surface area (TPSA) is 60.5 Å². The van der Waals surface area contributed by atoms with Crippen LogP contribution in [0.2, 0.25) is 0 Å². The molecule has 0 aliphatic rings. The van der Waals surface area contributed by atoms with Gasteiger partial charge in [-0.1, -0.05) is 42.5 Å². The second kappa shape index (κ2) is 8.65. The van der Waals surface area contributed by atoms with Gasteiger partial charge in [0.2, 0.25) is 0 Å². The van der Waals surface area contributed by atoms with Gasteiger partial charge in [0.15, 0.2) is 0 Å². The molecule has 28 heavy (non-hydrogen) atoms. The van der Waals surface area contributed by atoms with Crippen molar-refractivity contribution in [2.45, 2.75) is 6.61 Å². The molecule has 1 N–H and O–H groups in total. The number of anilines is 1. The number of rotatable bonds is 7. The first-order valence-corrected chi connectivity index (χ1v) is 9.82. The Hall–Kier alpha value is -3.22. The summed E-state index contributed by atoms with van der Waals surface area (Å²) in [6, 6.07) is 24.9. The smallest absolute Gasteiger partial charge is 0.262 e. The van der Waals surface area contributed by atoms with Crippen molar-refractivity contribution in [2.75, 3.05) is 4.72 Å². The van der Waals surface area contributed by atoms with Crippen molar-refractivity contribution in [2.24, 2.45) is 0 Å². The molecule has 0 radical (unpaired) electrons. The Kier molecular flexibility index (Phi) is 5.61. The Bertz CT molecular complexity index is 1080. The summed E-state index contributed by atoms with van der Waals surface area (Å²) < 4.78 is 26.2. The van der Waals surface area contributed by atoms with Crippen LogP contribution in [0.4, 0.5) is 5.69 Å². The highest BCUT2D eigenvalue weighted by atomic mass is 32.2. The largest absolute Gasteiger partial charge is 0.457 e. The molecule has 5 nitrogen and oxygen atoms in total. The van der Waals surface area contributed by atoms with Crippen molar-refractivity contribution < 1.29 is 13.1 Å². The molecule has 0 aliphatic heterocycles. The van der Waals surface area contributed by atoms with Crippen molar-refractivity contribution in [1.82, 2.24) is 4.98 Å². The number of aromatic nitrogens is 1. The number of ether oxygens (including phenoxy) is 1. The molecule has 0 saturated carbocycles. The summed E-state index contributed by atoms with van der Waals surface area (Å²) >= 11 is -1.65. The summed E-state index contributed by atoms with van der Waals surface area (Å²) in [4.78, 5) is 4.00. The van der Waals surface area contributed by atoms with Gasteiger partial charge in [0, 0.05) is 23.5 Å². The van der Waals surface area contributed by atoms with Crippen LogP contribution in [0.25, 0.3) is 10.8 Å². The van der Waals surface area contributed by atoms with Gasteiger partial charge < -0.3 is 4.74 Å². The highest BCUT2D eigenvalue weighted by Crippen LogP contribution is 2.30. The number of hydrogen-bond acceptors (Lipinski definition) is 4. The second-order valence-electron chi connectivity index (χ2n) is 6.06. The molecule has 1 unspecified atom stereocenters. The van der Waals surface area contributed by atoms with Gasteiger partial charge in [-0.05, 0) is 47.3 Å². The zero-order chi connectivity index (χ0) is 19.2. The second-order valence-corrected chi connectivity index (χ2v) is 6.97. The van der Waals surface area contributed by atoms with E-state index in [4.69, 9.17) is 8.92 Å². The van der Waals surface area contributed by atoms with Gasteiger partial charge in [-0.2, -0.15) is 0 Å². The fourth-order valence-electron chi connectivity index (χ4n) is 2.73. The summed E-state index contributed by atoms with van der Waals surface area (Å²) in [7, 11) is 0. The molecular formula is C22H18N2O3S. The number of fused-ring (bicyclic) bond motifs is 1. The average Bonchev–Trinajstić information content (AvgIpc) is 2.75. The first-order chi connectivity index (χ1) is 13.8. The zero-order valence-corrected chi connectivity index (χ0v) is 15.8. The van der Waals surface area contributed by atoms with Gasteiger partial charge in [0.25, 0.3) is 11.3 Å². The van der Waals surface area contributed by atoms with Crippen LogP contribution in [-0.2, 0) is 22.1 Å². The molecule has 6 heteroatoms. The Morgan fingerprint density at radius 2 is 1.71 bits per heavy atom. The lowest BCUT2D eigenvalue weighted by Gasteiger charge is -2.10. The summed E-state index contributed by atoms with van der Waals surface area (Å²) in [5.41, 5.74) is 1.53. The van der Waals surface area contributed by atoms with E-state index in [2.05, 4.69) is 21.8 Å². The minimum Gasteiger partial charge on any atom is -0.457 e. The van der Waals surface area contributed by atoms with Gasteiger partial charge in [-0.25, -0.2) is 4.21 Å². The summed E-state index contributed by atoms with van der Waals surface area (Å²) in [6.07, 6.45) is 3.36. The van der Waals surface area contributed by atoms with Gasteiger partial charge in [0.1, 0.15) is 11.5 Å². The van der Waals surface area contributed by atoms with E-state index < -0.39 is 11.3 Å². The standard InChI is InChI=1S/C22H18N2O3S/c25-28(26-16-17-5-4-14-23-15-17)24-19-10-12-20(13-11-19)27-22-9-3-7-18-6-1-2-8-21(18)22/h1-15,24H,16H2. The van der Waals surface area contributed by atoms with Gasteiger partial charge in [0.05, 0.1) is 6.61 Å². The average molecular weight is 390 g/mol. The third-order valence-corrected chi connectivity index (χ3v) is 4.82. The minimum atomic E-state index is -1.65. The number of nitrogens with zero attached hydrogens (tertiary/aromatic N) is 1. The van der Waals surface area contributed by atoms with Crippen molar-refractivity contribution in [3.8, 4) is 11.5 Å². The SMILES string of the molecule is O=S(Nc1ccc(Oc2cccc3ccccc23)cc1)OCc1cccnc1. The molecule has 0 amide bonds. The van der Waals surface area contributed by atoms with Gasteiger partial charge in [-0.3, -0.25) is 13.9 Å². The van der Waals surface area contributed by atoms with E-state index >= 15 is 0 Å². The molecule has 0 fully saturated rings.